The summed E-state index contributed by atoms with van der Waals surface area (Å²) in [6, 6.07) is 17.2. The Morgan fingerprint density at radius 3 is 2.43 bits per heavy atom. The molecule has 49 heavy (non-hydrogen) atoms. The summed E-state index contributed by atoms with van der Waals surface area (Å²) >= 11 is 0. The number of carboxylic acid groups (broad SMARTS) is 2. The fraction of sp³-hybridized carbons (Fsp3) is 0.447. The fourth-order valence-electron chi connectivity index (χ4n) is 6.14. The summed E-state index contributed by atoms with van der Waals surface area (Å²) in [5, 5.41) is 21.5. The number of amides is 1. The number of nitrogens with one attached hydrogen (secondary N) is 1. The number of hydrogen-bond donors (Lipinski definition) is 3. The van der Waals surface area contributed by atoms with Crippen LogP contribution in [0.1, 0.15) is 72.9 Å². The summed E-state index contributed by atoms with van der Waals surface area (Å²) in [6.45, 7) is 4.01. The van der Waals surface area contributed by atoms with Gasteiger partial charge in [0, 0.05) is 38.0 Å². The molecule has 1 fully saturated rings. The van der Waals surface area contributed by atoms with Gasteiger partial charge in [-0.3, -0.25) is 14.4 Å². The second-order valence-electron chi connectivity index (χ2n) is 12.4. The molecule has 11 nitrogen and oxygen atoms in total. The number of ether oxygens (including phenoxy) is 4. The summed E-state index contributed by atoms with van der Waals surface area (Å²) in [5.74, 6) is 0.914. The van der Waals surface area contributed by atoms with Crippen molar-refractivity contribution in [3.8, 4) is 34.1 Å². The molecule has 11 heteroatoms. The number of hydrogen-bond acceptors (Lipinski definition) is 8. The molecule has 5 rings (SSSR count). The van der Waals surface area contributed by atoms with E-state index in [9.17, 15) is 19.5 Å². The summed E-state index contributed by atoms with van der Waals surface area (Å²) in [5.41, 5.74) is 4.33. The van der Waals surface area contributed by atoms with E-state index in [2.05, 4.69) is 5.32 Å². The van der Waals surface area contributed by atoms with Crippen LogP contribution in [0.15, 0.2) is 54.6 Å². The van der Waals surface area contributed by atoms with Crippen LogP contribution < -0.4 is 24.3 Å². The molecule has 1 amide bonds. The molecule has 2 aliphatic rings. The summed E-state index contributed by atoms with van der Waals surface area (Å²) in [6.07, 6.45) is 6.15. The standard InChI is InChI=1S/C38H46N2O9/c41-36(42)11-6-21-47-33-10-5-9-27(32(33)13-15-37(43)44)8-3-1-2-4-20-46-31-23-29(28-12-14-34-35(25-28)49-26-48-34)22-30(24-31)38(45)40-18-7-16-39-17-19-40/h5,9-10,12,14,22-25,39H,1-4,6-8,11,13,15-21,26H2,(H,41,42)(H,43,44). The van der Waals surface area contributed by atoms with Crippen LogP contribution in [0.2, 0.25) is 0 Å². The molecule has 0 atom stereocenters. The van der Waals surface area contributed by atoms with Crippen LogP contribution in [0.4, 0.5) is 0 Å². The summed E-state index contributed by atoms with van der Waals surface area (Å²) in [4.78, 5) is 37.6. The molecule has 3 aromatic carbocycles. The zero-order chi connectivity index (χ0) is 34.4. The van der Waals surface area contributed by atoms with Crippen molar-refractivity contribution in [2.24, 2.45) is 0 Å². The Labute approximate surface area is 287 Å². The molecule has 0 bridgehead atoms. The minimum absolute atomic E-state index is 0.00173. The molecule has 0 unspecified atom stereocenters. The van der Waals surface area contributed by atoms with Crippen molar-refractivity contribution >= 4 is 17.8 Å². The highest BCUT2D eigenvalue weighted by Crippen LogP contribution is 2.37. The number of fused-ring (bicyclic) bond motifs is 1. The van der Waals surface area contributed by atoms with E-state index >= 15 is 0 Å². The fourth-order valence-corrected chi connectivity index (χ4v) is 6.14. The Balaban J connectivity index is 1.17. The van der Waals surface area contributed by atoms with Gasteiger partial charge in [-0.2, -0.15) is 0 Å². The molecule has 0 aromatic heterocycles. The first-order valence-electron chi connectivity index (χ1n) is 17.2. The first-order valence-corrected chi connectivity index (χ1v) is 17.2. The van der Waals surface area contributed by atoms with Crippen LogP contribution >= 0.6 is 0 Å². The van der Waals surface area contributed by atoms with E-state index in [1.54, 1.807) is 0 Å². The smallest absolute Gasteiger partial charge is 0.303 e. The normalized spacial score (nSPS) is 13.9. The number of rotatable bonds is 18. The van der Waals surface area contributed by atoms with Crippen LogP contribution in [0.5, 0.6) is 23.0 Å². The lowest BCUT2D eigenvalue weighted by Crippen LogP contribution is -2.34. The number of carboxylic acids is 2. The molecule has 3 aromatic rings. The highest BCUT2D eigenvalue weighted by Gasteiger charge is 2.20. The van der Waals surface area contributed by atoms with Gasteiger partial charge in [-0.15, -0.1) is 0 Å². The predicted octanol–water partition coefficient (Wildman–Crippen LogP) is 5.96. The number of aryl methyl sites for hydroxylation is 1. The van der Waals surface area contributed by atoms with Gasteiger partial charge in [0.2, 0.25) is 6.79 Å². The van der Waals surface area contributed by atoms with E-state index in [4.69, 9.17) is 24.1 Å². The topological polar surface area (TPSA) is 144 Å². The second kappa shape index (κ2) is 18.1. The Hall–Kier alpha value is -4.77. The van der Waals surface area contributed by atoms with Gasteiger partial charge in [0.15, 0.2) is 11.5 Å². The molecule has 2 heterocycles. The maximum absolute atomic E-state index is 13.6. The molecule has 0 saturated carbocycles. The SMILES string of the molecule is O=C(O)CCCOc1cccc(CCCCCCOc2cc(C(=O)N3CCCNCC3)cc(-c3ccc4c(c3)OCO4)c2)c1CCC(=O)O. The highest BCUT2D eigenvalue weighted by molar-refractivity contribution is 5.96. The van der Waals surface area contributed by atoms with Gasteiger partial charge >= 0.3 is 11.9 Å². The molecular weight excluding hydrogens is 628 g/mol. The van der Waals surface area contributed by atoms with Gasteiger partial charge in [-0.1, -0.05) is 31.0 Å². The minimum atomic E-state index is -0.871. The van der Waals surface area contributed by atoms with Crippen molar-refractivity contribution in [2.45, 2.75) is 64.2 Å². The highest BCUT2D eigenvalue weighted by atomic mass is 16.7. The van der Waals surface area contributed by atoms with E-state index in [-0.39, 0.29) is 32.1 Å². The van der Waals surface area contributed by atoms with Gasteiger partial charge < -0.3 is 39.4 Å². The predicted molar refractivity (Wildman–Crippen MR) is 184 cm³/mol. The van der Waals surface area contributed by atoms with Gasteiger partial charge in [-0.05, 0) is 104 Å². The average Bonchev–Trinajstić information content (AvgIpc) is 3.40. The van der Waals surface area contributed by atoms with Crippen molar-refractivity contribution in [2.75, 3.05) is 46.2 Å². The van der Waals surface area contributed by atoms with Crippen molar-refractivity contribution in [1.82, 2.24) is 10.2 Å². The third-order valence-corrected chi connectivity index (χ3v) is 8.71. The van der Waals surface area contributed by atoms with E-state index in [1.165, 1.54) is 0 Å². The third kappa shape index (κ3) is 10.6. The number of nitrogens with zero attached hydrogens (tertiary/aromatic N) is 1. The number of unbranched alkanes of at least 4 members (excludes halogenated alkanes) is 3. The maximum atomic E-state index is 13.6. The molecule has 0 aliphatic carbocycles. The van der Waals surface area contributed by atoms with Gasteiger partial charge in [0.05, 0.1) is 13.2 Å². The maximum Gasteiger partial charge on any atom is 0.303 e. The van der Waals surface area contributed by atoms with Gasteiger partial charge in [0.25, 0.3) is 5.91 Å². The van der Waals surface area contributed by atoms with Crippen molar-refractivity contribution in [1.29, 1.82) is 0 Å². The first-order chi connectivity index (χ1) is 23.9. The zero-order valence-corrected chi connectivity index (χ0v) is 27.9. The van der Waals surface area contributed by atoms with Crippen LogP contribution in [0, 0.1) is 0 Å². The largest absolute Gasteiger partial charge is 0.494 e. The van der Waals surface area contributed by atoms with Crippen LogP contribution in [0.3, 0.4) is 0 Å². The lowest BCUT2D eigenvalue weighted by atomic mass is 9.97. The average molecular weight is 675 g/mol. The second-order valence-corrected chi connectivity index (χ2v) is 12.4. The van der Waals surface area contributed by atoms with E-state index in [0.717, 1.165) is 73.9 Å². The van der Waals surface area contributed by atoms with Gasteiger partial charge in [-0.25, -0.2) is 0 Å². The molecule has 2 aliphatic heterocycles. The van der Waals surface area contributed by atoms with Crippen molar-refractivity contribution < 1.29 is 43.5 Å². The van der Waals surface area contributed by atoms with Crippen molar-refractivity contribution in [3.63, 3.8) is 0 Å². The number of carbonyl (C=O) groups excluding carboxylic acids is 1. The Kier molecular flexibility index (Phi) is 13.1. The summed E-state index contributed by atoms with van der Waals surface area (Å²) < 4.78 is 23.2. The Bertz CT molecular complexity index is 1580. The Morgan fingerprint density at radius 2 is 1.57 bits per heavy atom. The van der Waals surface area contributed by atoms with E-state index in [0.29, 0.717) is 61.1 Å². The van der Waals surface area contributed by atoms with E-state index < -0.39 is 11.9 Å². The lowest BCUT2D eigenvalue weighted by Gasteiger charge is -2.21. The van der Waals surface area contributed by atoms with Gasteiger partial charge in [0.1, 0.15) is 11.5 Å². The Morgan fingerprint density at radius 1 is 0.755 bits per heavy atom. The molecule has 0 spiro atoms. The van der Waals surface area contributed by atoms with Crippen LogP contribution in [-0.4, -0.2) is 79.1 Å². The molecule has 3 N–H and O–H groups in total. The summed E-state index contributed by atoms with van der Waals surface area (Å²) in [7, 11) is 0. The lowest BCUT2D eigenvalue weighted by molar-refractivity contribution is -0.138. The number of carbonyl (C=O) groups is 3. The van der Waals surface area contributed by atoms with Crippen molar-refractivity contribution in [3.05, 3.63) is 71.3 Å². The van der Waals surface area contributed by atoms with Crippen LogP contribution in [-0.2, 0) is 22.4 Å². The molecular formula is C38H46N2O9. The third-order valence-electron chi connectivity index (χ3n) is 8.71. The van der Waals surface area contributed by atoms with Crippen LogP contribution in [0.25, 0.3) is 11.1 Å². The monoisotopic (exact) mass is 674 g/mol. The molecule has 262 valence electrons. The minimum Gasteiger partial charge on any atom is -0.494 e. The quantitative estimate of drug-likeness (QED) is 0.138. The number of benzene rings is 3. The first kappa shape index (κ1) is 35.5. The molecule has 0 radical (unpaired) electrons. The zero-order valence-electron chi connectivity index (χ0n) is 27.9. The molecule has 1 saturated heterocycles. The number of aliphatic carboxylic acids is 2. The van der Waals surface area contributed by atoms with E-state index in [1.807, 2.05) is 59.5 Å².